The van der Waals surface area contributed by atoms with Crippen LogP contribution < -0.4 is 5.73 Å². The number of hydrogen-bond acceptors (Lipinski definition) is 3. The minimum Gasteiger partial charge on any atom is -0.399 e. The molecule has 1 aliphatic heterocycles. The van der Waals surface area contributed by atoms with Crippen molar-refractivity contribution in [2.24, 2.45) is 0 Å². The van der Waals surface area contributed by atoms with Crippen LogP contribution in [0.4, 0.5) is 5.69 Å². The second-order valence-electron chi connectivity index (χ2n) is 4.14. The molecule has 1 heterocycles. The number of nitrogen functional groups attached to an aromatic ring is 1. The average Bonchev–Trinajstić information content (AvgIpc) is 2.30. The number of anilines is 1. The lowest BCUT2D eigenvalue weighted by atomic mass is 10.1. The van der Waals surface area contributed by atoms with E-state index in [-0.39, 0.29) is 0 Å². The highest BCUT2D eigenvalue weighted by Gasteiger charge is 2.19. The zero-order valence-corrected chi connectivity index (χ0v) is 8.89. The summed E-state index contributed by atoms with van der Waals surface area (Å²) in [5, 5.41) is 10.1. The predicted molar refractivity (Wildman–Crippen MR) is 61.2 cm³/mol. The summed E-state index contributed by atoms with van der Waals surface area (Å²) in [5.74, 6) is 0. The molecule has 2 rings (SSSR count). The maximum absolute atomic E-state index is 10.1. The van der Waals surface area contributed by atoms with Gasteiger partial charge in [-0.3, -0.25) is 4.90 Å². The summed E-state index contributed by atoms with van der Waals surface area (Å²) < 4.78 is 0. The van der Waals surface area contributed by atoms with Gasteiger partial charge in [-0.05, 0) is 30.5 Å². The molecule has 0 aliphatic carbocycles. The molecule has 1 fully saturated rings. The van der Waals surface area contributed by atoms with Crippen LogP contribution in [0.5, 0.6) is 0 Å². The number of piperidine rings is 1. The Kier molecular flexibility index (Phi) is 3.23. The molecular formula is C12H18N2O. The first kappa shape index (κ1) is 10.5. The van der Waals surface area contributed by atoms with Crippen molar-refractivity contribution < 1.29 is 5.11 Å². The van der Waals surface area contributed by atoms with Crippen LogP contribution in [0.1, 0.15) is 31.1 Å². The topological polar surface area (TPSA) is 49.5 Å². The van der Waals surface area contributed by atoms with E-state index in [4.69, 9.17) is 5.73 Å². The lowest BCUT2D eigenvalue weighted by Crippen LogP contribution is -2.33. The summed E-state index contributed by atoms with van der Waals surface area (Å²) in [4.78, 5) is 2.12. The third kappa shape index (κ3) is 2.49. The van der Waals surface area contributed by atoms with E-state index in [9.17, 15) is 5.11 Å². The Balaban J connectivity index is 2.05. The molecule has 0 radical (unpaired) electrons. The summed E-state index contributed by atoms with van der Waals surface area (Å²) in [6, 6.07) is 7.47. The largest absolute Gasteiger partial charge is 0.399 e. The van der Waals surface area contributed by atoms with E-state index in [0.717, 1.165) is 24.3 Å². The van der Waals surface area contributed by atoms with Gasteiger partial charge in [0.05, 0.1) is 0 Å². The summed E-state index contributed by atoms with van der Waals surface area (Å²) >= 11 is 0. The third-order valence-corrected chi connectivity index (χ3v) is 2.97. The number of benzene rings is 1. The highest BCUT2D eigenvalue weighted by Crippen LogP contribution is 2.22. The van der Waals surface area contributed by atoms with Gasteiger partial charge in [-0.15, -0.1) is 0 Å². The number of nitrogens with two attached hydrogens (primary N) is 1. The molecule has 3 N–H and O–H groups in total. The first-order chi connectivity index (χ1) is 7.27. The molecule has 1 saturated heterocycles. The number of hydrogen-bond donors (Lipinski definition) is 2. The van der Waals surface area contributed by atoms with Gasteiger partial charge in [-0.25, -0.2) is 0 Å². The van der Waals surface area contributed by atoms with Gasteiger partial charge < -0.3 is 10.8 Å². The van der Waals surface area contributed by atoms with Gasteiger partial charge in [0.15, 0.2) is 0 Å². The molecule has 1 aromatic rings. The van der Waals surface area contributed by atoms with Crippen molar-refractivity contribution in [2.45, 2.75) is 25.5 Å². The Morgan fingerprint density at radius 3 is 2.27 bits per heavy atom. The van der Waals surface area contributed by atoms with Crippen LogP contribution in [0.2, 0.25) is 0 Å². The van der Waals surface area contributed by atoms with Crippen molar-refractivity contribution in [3.63, 3.8) is 0 Å². The second-order valence-corrected chi connectivity index (χ2v) is 4.14. The summed E-state index contributed by atoms with van der Waals surface area (Å²) in [7, 11) is 0. The average molecular weight is 206 g/mol. The van der Waals surface area contributed by atoms with Crippen molar-refractivity contribution in [3.8, 4) is 0 Å². The molecule has 0 spiro atoms. The van der Waals surface area contributed by atoms with E-state index in [1.165, 1.54) is 19.3 Å². The van der Waals surface area contributed by atoms with E-state index in [1.807, 2.05) is 24.3 Å². The number of aliphatic hydroxyl groups is 1. The third-order valence-electron chi connectivity index (χ3n) is 2.97. The van der Waals surface area contributed by atoms with Crippen molar-refractivity contribution >= 4 is 5.69 Å². The van der Waals surface area contributed by atoms with Gasteiger partial charge in [0, 0.05) is 18.8 Å². The number of likely N-dealkylation sites (tertiary alicyclic amines) is 1. The lowest BCUT2D eigenvalue weighted by Gasteiger charge is -2.31. The number of rotatable bonds is 2. The molecular weight excluding hydrogens is 188 g/mol. The molecule has 1 aliphatic rings. The zero-order valence-electron chi connectivity index (χ0n) is 8.89. The van der Waals surface area contributed by atoms with Gasteiger partial charge >= 0.3 is 0 Å². The fourth-order valence-electron chi connectivity index (χ4n) is 2.04. The first-order valence-electron chi connectivity index (χ1n) is 5.55. The Hall–Kier alpha value is -1.06. The normalized spacial score (nSPS) is 20.1. The van der Waals surface area contributed by atoms with Gasteiger partial charge in [0.2, 0.25) is 0 Å². The summed E-state index contributed by atoms with van der Waals surface area (Å²) in [6.45, 7) is 1.98. The van der Waals surface area contributed by atoms with E-state index in [0.29, 0.717) is 0 Å². The van der Waals surface area contributed by atoms with Crippen LogP contribution in [-0.2, 0) is 0 Å². The van der Waals surface area contributed by atoms with Crippen LogP contribution in [0.25, 0.3) is 0 Å². The predicted octanol–water partition coefficient (Wildman–Crippen LogP) is 1.75. The number of nitrogens with zero attached hydrogens (tertiary/aromatic N) is 1. The standard InChI is InChI=1S/C12H18N2O/c13-11-6-4-10(5-7-11)12(15)14-8-2-1-3-9-14/h4-7,12,15H,1-3,8-9,13H2. The quantitative estimate of drug-likeness (QED) is 0.725. The van der Waals surface area contributed by atoms with E-state index < -0.39 is 6.23 Å². The lowest BCUT2D eigenvalue weighted by molar-refractivity contribution is -0.00981. The molecule has 0 amide bonds. The summed E-state index contributed by atoms with van der Waals surface area (Å²) in [5.41, 5.74) is 7.29. The molecule has 0 aromatic heterocycles. The number of aliphatic hydroxyl groups excluding tert-OH is 1. The molecule has 0 bridgehead atoms. The highest BCUT2D eigenvalue weighted by atomic mass is 16.3. The second kappa shape index (κ2) is 4.64. The van der Waals surface area contributed by atoms with Crippen LogP contribution >= 0.6 is 0 Å². The maximum Gasteiger partial charge on any atom is 0.133 e. The van der Waals surface area contributed by atoms with Crippen LogP contribution in [-0.4, -0.2) is 23.1 Å². The maximum atomic E-state index is 10.1. The van der Waals surface area contributed by atoms with Gasteiger partial charge in [0.25, 0.3) is 0 Å². The fourth-order valence-corrected chi connectivity index (χ4v) is 2.04. The highest BCUT2D eigenvalue weighted by molar-refractivity contribution is 5.39. The Morgan fingerprint density at radius 2 is 1.67 bits per heavy atom. The van der Waals surface area contributed by atoms with Crippen molar-refractivity contribution in [1.82, 2.24) is 4.90 Å². The Labute approximate surface area is 90.5 Å². The van der Waals surface area contributed by atoms with Crippen LogP contribution in [0.15, 0.2) is 24.3 Å². The van der Waals surface area contributed by atoms with Gasteiger partial charge in [0.1, 0.15) is 6.23 Å². The fraction of sp³-hybridized carbons (Fsp3) is 0.500. The van der Waals surface area contributed by atoms with Crippen LogP contribution in [0, 0.1) is 0 Å². The Bertz CT molecular complexity index is 304. The van der Waals surface area contributed by atoms with Crippen molar-refractivity contribution in [3.05, 3.63) is 29.8 Å². The summed E-state index contributed by atoms with van der Waals surface area (Å²) in [6.07, 6.45) is 3.19. The van der Waals surface area contributed by atoms with Gasteiger partial charge in [-0.1, -0.05) is 18.6 Å². The molecule has 1 aromatic carbocycles. The smallest absolute Gasteiger partial charge is 0.133 e. The van der Waals surface area contributed by atoms with Crippen molar-refractivity contribution in [1.29, 1.82) is 0 Å². The Morgan fingerprint density at radius 1 is 1.07 bits per heavy atom. The zero-order chi connectivity index (χ0) is 10.7. The van der Waals surface area contributed by atoms with Crippen LogP contribution in [0.3, 0.4) is 0 Å². The molecule has 15 heavy (non-hydrogen) atoms. The van der Waals surface area contributed by atoms with E-state index in [1.54, 1.807) is 0 Å². The monoisotopic (exact) mass is 206 g/mol. The molecule has 3 nitrogen and oxygen atoms in total. The molecule has 3 heteroatoms. The molecule has 82 valence electrons. The van der Waals surface area contributed by atoms with E-state index >= 15 is 0 Å². The molecule has 1 atom stereocenters. The first-order valence-corrected chi connectivity index (χ1v) is 5.55. The minimum absolute atomic E-state index is 0.467. The minimum atomic E-state index is -0.467. The molecule has 0 saturated carbocycles. The molecule has 1 unspecified atom stereocenters. The van der Waals surface area contributed by atoms with Gasteiger partial charge in [-0.2, -0.15) is 0 Å². The van der Waals surface area contributed by atoms with Crippen molar-refractivity contribution in [2.75, 3.05) is 18.8 Å². The van der Waals surface area contributed by atoms with E-state index in [2.05, 4.69) is 4.90 Å². The SMILES string of the molecule is Nc1ccc(C(O)N2CCCCC2)cc1.